The van der Waals surface area contributed by atoms with E-state index in [1.54, 1.807) is 7.05 Å². The van der Waals surface area contributed by atoms with Crippen LogP contribution in [0.1, 0.15) is 45.4 Å². The molecule has 0 saturated heterocycles. The molecule has 0 aliphatic carbocycles. The van der Waals surface area contributed by atoms with Crippen molar-refractivity contribution in [1.82, 2.24) is 16.0 Å². The Morgan fingerprint density at radius 3 is 2.33 bits per heavy atom. The van der Waals surface area contributed by atoms with E-state index in [2.05, 4.69) is 27.9 Å². The summed E-state index contributed by atoms with van der Waals surface area (Å²) < 4.78 is 0. The number of nitrogens with one attached hydrogen (secondary N) is 3. The molecule has 0 aromatic rings. The van der Waals surface area contributed by atoms with E-state index in [1.807, 2.05) is 0 Å². The van der Waals surface area contributed by atoms with Gasteiger partial charge in [-0.1, -0.05) is 26.2 Å². The molecule has 9 heteroatoms. The average Bonchev–Trinajstić information content (AvgIpc) is 2.56. The van der Waals surface area contributed by atoms with Crippen LogP contribution >= 0.6 is 0 Å². The third kappa shape index (κ3) is 9.65. The zero-order valence-electron chi connectivity index (χ0n) is 14.5. The first-order chi connectivity index (χ1) is 11.5. The number of amides is 3. The molecule has 0 saturated carbocycles. The summed E-state index contributed by atoms with van der Waals surface area (Å²) in [7, 11) is 1.56. The van der Waals surface area contributed by atoms with Gasteiger partial charge in [0, 0.05) is 13.6 Å². The molecule has 9 nitrogen and oxygen atoms in total. The number of guanidine groups is 1. The Hall–Kier alpha value is -2.32. The Labute approximate surface area is 143 Å². The molecule has 3 amide bonds. The number of nitrogens with zero attached hydrogens (tertiary/aromatic N) is 1. The second-order valence-electron chi connectivity index (χ2n) is 5.47. The van der Waals surface area contributed by atoms with Crippen LogP contribution in [0.3, 0.4) is 0 Å². The van der Waals surface area contributed by atoms with E-state index >= 15 is 0 Å². The number of unbranched alkanes of at least 4 members (excludes halogenated alkanes) is 2. The Bertz CT molecular complexity index is 427. The predicted octanol–water partition coefficient (Wildman–Crippen LogP) is -1.03. The molecule has 0 aliphatic heterocycles. The molecule has 0 aliphatic rings. The van der Waals surface area contributed by atoms with Gasteiger partial charge >= 0.3 is 0 Å². The van der Waals surface area contributed by atoms with Gasteiger partial charge in [0.15, 0.2) is 5.96 Å². The number of aliphatic imine (C=N–C) groups is 1. The standard InChI is InChI=1S/C15H30N6O3/c1-3-4-5-7-12(20-10-22)14(24)21-11(13(16)23)8-6-9-19-15(17)18-2/h10-12H,3-9H2,1-2H3,(H2,16,23)(H,20,22)(H,21,24)(H3,17,18,19)/t11-,12-/m0/s1. The number of carbonyl (C=O) groups is 3. The van der Waals surface area contributed by atoms with Crippen molar-refractivity contribution in [3.8, 4) is 0 Å². The van der Waals surface area contributed by atoms with Crippen molar-refractivity contribution < 1.29 is 14.4 Å². The molecule has 7 N–H and O–H groups in total. The highest BCUT2D eigenvalue weighted by molar-refractivity contribution is 5.89. The number of carbonyl (C=O) groups excluding carboxylic acids is 3. The first-order valence-electron chi connectivity index (χ1n) is 8.21. The van der Waals surface area contributed by atoms with Crippen molar-refractivity contribution in [1.29, 1.82) is 0 Å². The number of rotatable bonds is 13. The highest BCUT2D eigenvalue weighted by atomic mass is 16.2. The van der Waals surface area contributed by atoms with E-state index in [4.69, 9.17) is 11.5 Å². The first-order valence-corrected chi connectivity index (χ1v) is 8.21. The molecule has 138 valence electrons. The van der Waals surface area contributed by atoms with Crippen molar-refractivity contribution >= 4 is 24.2 Å². The van der Waals surface area contributed by atoms with Gasteiger partial charge in [0.25, 0.3) is 0 Å². The van der Waals surface area contributed by atoms with Crippen LogP contribution in [-0.2, 0) is 14.4 Å². The molecule has 0 rings (SSSR count). The fourth-order valence-corrected chi connectivity index (χ4v) is 2.13. The second kappa shape index (κ2) is 13.1. The zero-order valence-corrected chi connectivity index (χ0v) is 14.5. The van der Waals surface area contributed by atoms with Crippen LogP contribution in [0.4, 0.5) is 0 Å². The Kier molecular flexibility index (Phi) is 11.9. The summed E-state index contributed by atoms with van der Waals surface area (Å²) in [5.74, 6) is -0.704. The lowest BCUT2D eigenvalue weighted by atomic mass is 10.1. The number of hydrogen-bond donors (Lipinski definition) is 5. The lowest BCUT2D eigenvalue weighted by molar-refractivity contribution is -0.129. The SMILES string of the molecule is CCCCC[C@H](NC=O)C(=O)N[C@@H](CCCNC(N)=NC)C(N)=O. The van der Waals surface area contributed by atoms with Gasteiger partial charge in [-0.15, -0.1) is 0 Å². The maximum Gasteiger partial charge on any atom is 0.243 e. The van der Waals surface area contributed by atoms with Gasteiger partial charge in [0.1, 0.15) is 12.1 Å². The molecular formula is C15H30N6O3. The largest absolute Gasteiger partial charge is 0.370 e. The van der Waals surface area contributed by atoms with E-state index in [0.717, 1.165) is 19.3 Å². The van der Waals surface area contributed by atoms with Gasteiger partial charge in [0.2, 0.25) is 18.2 Å². The van der Waals surface area contributed by atoms with Crippen LogP contribution in [0.25, 0.3) is 0 Å². The summed E-state index contributed by atoms with van der Waals surface area (Å²) in [5, 5.41) is 7.95. The minimum absolute atomic E-state index is 0.306. The summed E-state index contributed by atoms with van der Waals surface area (Å²) in [6.07, 6.45) is 4.75. The predicted molar refractivity (Wildman–Crippen MR) is 93.0 cm³/mol. The zero-order chi connectivity index (χ0) is 18.4. The average molecular weight is 342 g/mol. The second-order valence-corrected chi connectivity index (χ2v) is 5.47. The van der Waals surface area contributed by atoms with E-state index in [1.165, 1.54) is 0 Å². The summed E-state index contributed by atoms with van der Waals surface area (Å²) in [4.78, 5) is 38.2. The lowest BCUT2D eigenvalue weighted by Gasteiger charge is -2.20. The van der Waals surface area contributed by atoms with Crippen LogP contribution in [0.2, 0.25) is 0 Å². The molecule has 0 aromatic heterocycles. The van der Waals surface area contributed by atoms with Gasteiger partial charge in [-0.2, -0.15) is 0 Å². The number of hydrogen-bond acceptors (Lipinski definition) is 4. The first kappa shape index (κ1) is 21.7. The maximum absolute atomic E-state index is 12.2. The Morgan fingerprint density at radius 1 is 1.12 bits per heavy atom. The number of nitrogens with two attached hydrogens (primary N) is 2. The molecule has 0 aromatic carbocycles. The van der Waals surface area contributed by atoms with Crippen molar-refractivity contribution in [3.05, 3.63) is 0 Å². The maximum atomic E-state index is 12.2. The molecule has 0 spiro atoms. The van der Waals surface area contributed by atoms with Crippen LogP contribution < -0.4 is 27.4 Å². The highest BCUT2D eigenvalue weighted by Gasteiger charge is 2.23. The summed E-state index contributed by atoms with van der Waals surface area (Å²) in [6, 6.07) is -1.45. The number of primary amides is 1. The molecule has 0 heterocycles. The van der Waals surface area contributed by atoms with Gasteiger partial charge in [-0.3, -0.25) is 19.4 Å². The summed E-state index contributed by atoms with van der Waals surface area (Å²) in [5.41, 5.74) is 10.8. The summed E-state index contributed by atoms with van der Waals surface area (Å²) >= 11 is 0. The molecular weight excluding hydrogens is 312 g/mol. The molecule has 0 bridgehead atoms. The molecule has 2 atom stereocenters. The normalized spacial score (nSPS) is 13.7. The van der Waals surface area contributed by atoms with Crippen molar-refractivity contribution in [2.75, 3.05) is 13.6 Å². The quantitative estimate of drug-likeness (QED) is 0.125. The Morgan fingerprint density at radius 2 is 1.79 bits per heavy atom. The van der Waals surface area contributed by atoms with Crippen molar-refractivity contribution in [3.63, 3.8) is 0 Å². The molecule has 0 unspecified atom stereocenters. The minimum atomic E-state index is -0.791. The lowest BCUT2D eigenvalue weighted by Crippen LogP contribution is -2.51. The van der Waals surface area contributed by atoms with E-state index in [-0.39, 0.29) is 0 Å². The van der Waals surface area contributed by atoms with E-state index in [9.17, 15) is 14.4 Å². The summed E-state index contributed by atoms with van der Waals surface area (Å²) in [6.45, 7) is 2.56. The third-order valence-corrected chi connectivity index (χ3v) is 3.56. The van der Waals surface area contributed by atoms with Crippen LogP contribution in [0.15, 0.2) is 4.99 Å². The van der Waals surface area contributed by atoms with Crippen LogP contribution in [-0.4, -0.2) is 49.9 Å². The topological polar surface area (TPSA) is 152 Å². The van der Waals surface area contributed by atoms with Gasteiger partial charge in [-0.05, 0) is 19.3 Å². The van der Waals surface area contributed by atoms with E-state index in [0.29, 0.717) is 38.2 Å². The fraction of sp³-hybridized carbons (Fsp3) is 0.733. The fourth-order valence-electron chi connectivity index (χ4n) is 2.13. The minimum Gasteiger partial charge on any atom is -0.370 e. The highest BCUT2D eigenvalue weighted by Crippen LogP contribution is 2.05. The monoisotopic (exact) mass is 342 g/mol. The van der Waals surface area contributed by atoms with Gasteiger partial charge in [0.05, 0.1) is 0 Å². The van der Waals surface area contributed by atoms with E-state index < -0.39 is 23.9 Å². The third-order valence-electron chi connectivity index (χ3n) is 3.56. The smallest absolute Gasteiger partial charge is 0.243 e. The molecule has 0 radical (unpaired) electrons. The van der Waals surface area contributed by atoms with Crippen molar-refractivity contribution in [2.45, 2.75) is 57.5 Å². The van der Waals surface area contributed by atoms with Crippen LogP contribution in [0, 0.1) is 0 Å². The van der Waals surface area contributed by atoms with Crippen LogP contribution in [0.5, 0.6) is 0 Å². The van der Waals surface area contributed by atoms with Crippen molar-refractivity contribution in [2.24, 2.45) is 16.5 Å². The molecule has 0 fully saturated rings. The van der Waals surface area contributed by atoms with Gasteiger partial charge in [-0.25, -0.2) is 0 Å². The van der Waals surface area contributed by atoms with Gasteiger partial charge < -0.3 is 27.4 Å². The Balaban J connectivity index is 4.46. The molecule has 24 heavy (non-hydrogen) atoms.